The number of hydrogen-bond acceptors (Lipinski definition) is 6. The van der Waals surface area contributed by atoms with Gasteiger partial charge in [-0.1, -0.05) is 76.7 Å². The first-order valence-electron chi connectivity index (χ1n) is 18.2. The minimum atomic E-state index is -1.03. The zero-order chi connectivity index (χ0) is 37.9. The van der Waals surface area contributed by atoms with Gasteiger partial charge in [0.25, 0.3) is 5.91 Å². The van der Waals surface area contributed by atoms with Crippen LogP contribution in [-0.4, -0.2) is 101 Å². The molecule has 0 radical (unpaired) electrons. The Morgan fingerprint density at radius 1 is 1.08 bits per heavy atom. The highest BCUT2D eigenvalue weighted by molar-refractivity contribution is 8.12. The first kappa shape index (κ1) is 41.7. The van der Waals surface area contributed by atoms with Gasteiger partial charge in [-0.25, -0.2) is 4.79 Å². The summed E-state index contributed by atoms with van der Waals surface area (Å²) in [6.07, 6.45) is 7.19. The number of carbonyl (C=O) groups excluding carboxylic acids is 5. The van der Waals surface area contributed by atoms with E-state index in [0.29, 0.717) is 38.6 Å². The third-order valence-corrected chi connectivity index (χ3v) is 11.9. The van der Waals surface area contributed by atoms with Crippen LogP contribution in [0.15, 0.2) is 42.7 Å². The van der Waals surface area contributed by atoms with Crippen molar-refractivity contribution in [2.45, 2.75) is 104 Å². The number of unbranched alkanes of at least 4 members (excludes halogenated alkanes) is 1. The standard InChI is InChI=1S/C39H60N6O5S/c1-10-14-20-30(34(46)36(48)40-12-3)41-35(47)33-26(17-11-2)21-22-45(33)37(49)32(29-23-27-18-15-16-19-28(27)24-29)43-38(50)42-31(39(5,6)7)25-44(8)51(9)13-4/h13,15-19,26,29-33H,2,10,12,14,20-25H2,1,3-9H3,(H,40,48)(H,41,47)(H2,42,43,50)/t26-,30?,31+,32-,33-,51?/m0/s1. The van der Waals surface area contributed by atoms with Crippen molar-refractivity contribution in [3.63, 3.8) is 0 Å². The molecule has 0 saturated carbocycles. The molecule has 0 aromatic heterocycles. The highest BCUT2D eigenvalue weighted by Gasteiger charge is 2.46. The van der Waals surface area contributed by atoms with Crippen LogP contribution in [-0.2, 0) is 32.0 Å². The summed E-state index contributed by atoms with van der Waals surface area (Å²) in [7, 11) is 1.95. The van der Waals surface area contributed by atoms with Crippen LogP contribution >= 0.6 is 10.7 Å². The van der Waals surface area contributed by atoms with Crippen molar-refractivity contribution in [2.75, 3.05) is 32.9 Å². The average Bonchev–Trinajstić information content (AvgIpc) is 3.72. The third-order valence-electron chi connectivity index (χ3n) is 10.1. The molecule has 5 amide bonds. The summed E-state index contributed by atoms with van der Waals surface area (Å²) in [5, 5.41) is 13.7. The van der Waals surface area contributed by atoms with Crippen molar-refractivity contribution in [3.05, 3.63) is 53.8 Å². The van der Waals surface area contributed by atoms with E-state index < -0.39 is 47.7 Å². The molecule has 1 fully saturated rings. The van der Waals surface area contributed by atoms with E-state index in [2.05, 4.69) is 70.3 Å². The first-order valence-corrected chi connectivity index (χ1v) is 19.9. The van der Waals surface area contributed by atoms with E-state index in [1.807, 2.05) is 45.2 Å². The zero-order valence-electron chi connectivity index (χ0n) is 31.8. The molecule has 0 bridgehead atoms. The van der Waals surface area contributed by atoms with Crippen molar-refractivity contribution >= 4 is 45.6 Å². The quantitative estimate of drug-likeness (QED) is 0.116. The molecule has 2 unspecified atom stereocenters. The van der Waals surface area contributed by atoms with Crippen LogP contribution in [0.3, 0.4) is 0 Å². The van der Waals surface area contributed by atoms with Gasteiger partial charge in [0.05, 0.1) is 6.04 Å². The summed E-state index contributed by atoms with van der Waals surface area (Å²) in [6.45, 7) is 16.8. The van der Waals surface area contributed by atoms with Gasteiger partial charge in [-0.2, -0.15) is 0 Å². The zero-order valence-corrected chi connectivity index (χ0v) is 32.7. The molecule has 51 heavy (non-hydrogen) atoms. The lowest BCUT2D eigenvalue weighted by molar-refractivity contribution is -0.143. The maximum Gasteiger partial charge on any atom is 0.315 e. The van der Waals surface area contributed by atoms with Gasteiger partial charge in [0.2, 0.25) is 17.6 Å². The second-order valence-corrected chi connectivity index (χ2v) is 16.9. The molecule has 1 saturated heterocycles. The fraction of sp³-hybridized carbons (Fsp3) is 0.615. The number of amides is 5. The minimum Gasteiger partial charge on any atom is -0.350 e. The van der Waals surface area contributed by atoms with Crippen LogP contribution in [0.1, 0.15) is 78.4 Å². The Bertz CT molecular complexity index is 1470. The minimum absolute atomic E-state index is 0.0819. The highest BCUT2D eigenvalue weighted by Crippen LogP contribution is 2.33. The lowest BCUT2D eigenvalue weighted by Gasteiger charge is -2.36. The van der Waals surface area contributed by atoms with Crippen LogP contribution in [0.2, 0.25) is 0 Å². The van der Waals surface area contributed by atoms with Gasteiger partial charge in [0.1, 0.15) is 12.1 Å². The summed E-state index contributed by atoms with van der Waals surface area (Å²) < 4.78 is 2.21. The molecule has 1 aliphatic heterocycles. The number of likely N-dealkylation sites (tertiary alicyclic amines) is 1. The monoisotopic (exact) mass is 724 g/mol. The van der Waals surface area contributed by atoms with Crippen LogP contribution in [0.4, 0.5) is 4.79 Å². The molecule has 1 heterocycles. The van der Waals surface area contributed by atoms with Gasteiger partial charge < -0.3 is 26.2 Å². The third kappa shape index (κ3) is 11.1. The molecule has 6 atom stereocenters. The molecule has 1 aromatic rings. The number of likely N-dealkylation sites (N-methyl/N-ethyl adjacent to an activating group) is 2. The van der Waals surface area contributed by atoms with Gasteiger partial charge >= 0.3 is 6.03 Å². The molecule has 1 aromatic carbocycles. The summed E-state index contributed by atoms with van der Waals surface area (Å²) in [5.74, 6) is -2.99. The number of benzene rings is 1. The molecule has 11 nitrogen and oxygen atoms in total. The van der Waals surface area contributed by atoms with Gasteiger partial charge in [-0.05, 0) is 81.4 Å². The van der Waals surface area contributed by atoms with E-state index in [0.717, 1.165) is 17.5 Å². The number of ketones is 1. The van der Waals surface area contributed by atoms with Crippen molar-refractivity contribution in [3.8, 4) is 0 Å². The Labute approximate surface area is 307 Å². The molecule has 282 valence electrons. The molecule has 4 N–H and O–H groups in total. The van der Waals surface area contributed by atoms with E-state index in [9.17, 15) is 24.0 Å². The van der Waals surface area contributed by atoms with E-state index in [1.54, 1.807) is 13.0 Å². The number of hydrogen-bond donors (Lipinski definition) is 4. The Balaban J connectivity index is 1.95. The molecule has 12 heteroatoms. The summed E-state index contributed by atoms with van der Waals surface area (Å²) in [6, 6.07) is 4.47. The van der Waals surface area contributed by atoms with E-state index in [4.69, 9.17) is 0 Å². The van der Waals surface area contributed by atoms with E-state index >= 15 is 0 Å². The van der Waals surface area contributed by atoms with Crippen LogP contribution < -0.4 is 21.3 Å². The lowest BCUT2D eigenvalue weighted by Crippen LogP contribution is -2.61. The Morgan fingerprint density at radius 2 is 1.73 bits per heavy atom. The predicted molar refractivity (Wildman–Crippen MR) is 206 cm³/mol. The van der Waals surface area contributed by atoms with Crippen LogP contribution in [0.5, 0.6) is 0 Å². The summed E-state index contributed by atoms with van der Waals surface area (Å²) in [4.78, 5) is 70.0. The Hall–Kier alpha value is -3.73. The van der Waals surface area contributed by atoms with Gasteiger partial charge in [0.15, 0.2) is 0 Å². The average molecular weight is 725 g/mol. The number of fused-ring (bicyclic) bond motifs is 1. The smallest absolute Gasteiger partial charge is 0.315 e. The van der Waals surface area contributed by atoms with E-state index in [1.165, 1.54) is 4.90 Å². The molecule has 0 spiro atoms. The van der Waals surface area contributed by atoms with Crippen molar-refractivity contribution in [2.24, 2.45) is 17.3 Å². The molecule has 3 rings (SSSR count). The van der Waals surface area contributed by atoms with Crippen molar-refractivity contribution < 1.29 is 24.0 Å². The Kier molecular flexibility index (Phi) is 15.7. The largest absolute Gasteiger partial charge is 0.350 e. The molecule has 2 aliphatic rings. The number of urea groups is 1. The molecular weight excluding hydrogens is 665 g/mol. The SMILES string of the molecule is C=C=C[C@H]1CCN(C(=O)[C@@H](NC(=O)N[C@H](CN(C)/S(C)=C/C)C(C)(C)C)C2Cc3ccccc3C2)[C@@H]1C(=O)NC(CCCC)C(=O)C(=O)NCC. The number of Topliss-reactive ketones (excluding diaryl/α,β-unsaturated/α-hetero) is 1. The van der Waals surface area contributed by atoms with Gasteiger partial charge in [-0.15, -0.1) is 16.4 Å². The number of nitrogens with zero attached hydrogens (tertiary/aromatic N) is 2. The summed E-state index contributed by atoms with van der Waals surface area (Å²) >= 11 is 0. The van der Waals surface area contributed by atoms with Crippen LogP contribution in [0, 0.1) is 17.3 Å². The maximum absolute atomic E-state index is 14.8. The maximum atomic E-state index is 14.8. The Morgan fingerprint density at radius 3 is 2.27 bits per heavy atom. The van der Waals surface area contributed by atoms with Crippen molar-refractivity contribution in [1.29, 1.82) is 0 Å². The molecular formula is C39H60N6O5S. The number of nitrogens with one attached hydrogen (secondary N) is 4. The normalized spacial score (nSPS) is 19.7. The topological polar surface area (TPSA) is 140 Å². The van der Waals surface area contributed by atoms with Gasteiger partial charge in [0, 0.05) is 31.6 Å². The second-order valence-electron chi connectivity index (χ2n) is 14.7. The predicted octanol–water partition coefficient (Wildman–Crippen LogP) is 3.99. The fourth-order valence-electron chi connectivity index (χ4n) is 6.89. The first-order chi connectivity index (χ1) is 24.2. The summed E-state index contributed by atoms with van der Waals surface area (Å²) in [5.41, 5.74) is 4.78. The number of carbonyl (C=O) groups is 5. The van der Waals surface area contributed by atoms with E-state index in [-0.39, 0.29) is 47.0 Å². The second kappa shape index (κ2) is 19.2. The fourth-order valence-corrected chi connectivity index (χ4v) is 7.63. The lowest BCUT2D eigenvalue weighted by atomic mass is 9.86. The van der Waals surface area contributed by atoms with Crippen molar-refractivity contribution in [1.82, 2.24) is 30.5 Å². The molecule has 1 aliphatic carbocycles. The van der Waals surface area contributed by atoms with Crippen LogP contribution in [0.25, 0.3) is 0 Å². The number of rotatable bonds is 16. The van der Waals surface area contributed by atoms with Gasteiger partial charge in [-0.3, -0.25) is 23.5 Å². The highest BCUT2D eigenvalue weighted by atomic mass is 32.2.